The molecule has 5 aromatic rings. The Morgan fingerprint density at radius 2 is 1.47 bits per heavy atom. The Bertz CT molecular complexity index is 1520. The van der Waals surface area contributed by atoms with Gasteiger partial charge in [-0.2, -0.15) is 5.26 Å². The molecule has 0 atom stereocenters. The molecule has 0 bridgehead atoms. The van der Waals surface area contributed by atoms with Gasteiger partial charge >= 0.3 is 0 Å². The number of halogens is 2. The van der Waals surface area contributed by atoms with E-state index in [1.165, 1.54) is 12.1 Å². The van der Waals surface area contributed by atoms with E-state index in [4.69, 9.17) is 10.00 Å². The molecule has 0 fully saturated rings. The van der Waals surface area contributed by atoms with Crippen LogP contribution in [0.3, 0.4) is 0 Å². The number of anilines is 1. The average Bonchev–Trinajstić information content (AvgIpc) is 3.35. The van der Waals surface area contributed by atoms with Crippen LogP contribution in [0.15, 0.2) is 103 Å². The summed E-state index contributed by atoms with van der Waals surface area (Å²) in [6.45, 7) is 1.10. The number of nitrogens with zero attached hydrogens (tertiary/aromatic N) is 5. The average molecular weight is 508 g/mol. The molecule has 0 aliphatic heterocycles. The van der Waals surface area contributed by atoms with Crippen molar-refractivity contribution in [3.8, 4) is 17.6 Å². The fourth-order valence-electron chi connectivity index (χ4n) is 4.10. The third kappa shape index (κ3) is 6.20. The van der Waals surface area contributed by atoms with E-state index in [1.807, 2.05) is 76.2 Å². The second-order valence-corrected chi connectivity index (χ2v) is 8.73. The largest absolute Gasteiger partial charge is 0.457 e. The van der Waals surface area contributed by atoms with Crippen LogP contribution in [-0.2, 0) is 19.6 Å². The standard InChI is InChI=1S/C30H23F2N5O/c31-25-14-24(15-26(32)16-25)19-36(27-10-12-29(13-11-27)38-28-4-2-1-3-5-28)20-30-35-34-21-37(30)18-23-8-6-22(17-33)7-9-23/h1-16,21H,18-20H2. The highest BCUT2D eigenvalue weighted by molar-refractivity contribution is 5.50. The van der Waals surface area contributed by atoms with Gasteiger partial charge in [0.15, 0.2) is 5.82 Å². The van der Waals surface area contributed by atoms with E-state index in [2.05, 4.69) is 16.3 Å². The van der Waals surface area contributed by atoms with E-state index in [9.17, 15) is 8.78 Å². The molecule has 0 spiro atoms. The number of rotatable bonds is 9. The summed E-state index contributed by atoms with van der Waals surface area (Å²) < 4.78 is 35.7. The maximum atomic E-state index is 14.0. The van der Waals surface area contributed by atoms with Crippen molar-refractivity contribution in [1.29, 1.82) is 5.26 Å². The lowest BCUT2D eigenvalue weighted by Crippen LogP contribution is -2.24. The van der Waals surface area contributed by atoms with Gasteiger partial charge in [-0.1, -0.05) is 30.3 Å². The summed E-state index contributed by atoms with van der Waals surface area (Å²) in [7, 11) is 0. The summed E-state index contributed by atoms with van der Waals surface area (Å²) in [5.41, 5.74) is 2.89. The van der Waals surface area contributed by atoms with Gasteiger partial charge in [0, 0.05) is 18.3 Å². The minimum atomic E-state index is -0.629. The summed E-state index contributed by atoms with van der Waals surface area (Å²) in [6, 6.07) is 29.9. The third-order valence-electron chi connectivity index (χ3n) is 5.94. The molecule has 4 aromatic carbocycles. The maximum Gasteiger partial charge on any atom is 0.152 e. The van der Waals surface area contributed by atoms with E-state index in [0.29, 0.717) is 35.8 Å². The van der Waals surface area contributed by atoms with E-state index >= 15 is 0 Å². The van der Waals surface area contributed by atoms with Crippen LogP contribution in [0.4, 0.5) is 14.5 Å². The van der Waals surface area contributed by atoms with Crippen molar-refractivity contribution >= 4 is 5.69 Å². The van der Waals surface area contributed by atoms with Crippen molar-refractivity contribution in [3.63, 3.8) is 0 Å². The van der Waals surface area contributed by atoms with Crippen LogP contribution in [0.1, 0.15) is 22.5 Å². The highest BCUT2D eigenvalue weighted by Crippen LogP contribution is 2.27. The molecule has 38 heavy (non-hydrogen) atoms. The lowest BCUT2D eigenvalue weighted by molar-refractivity contribution is 0.482. The Labute approximate surface area is 219 Å². The summed E-state index contributed by atoms with van der Waals surface area (Å²) in [4.78, 5) is 1.97. The van der Waals surface area contributed by atoms with Crippen molar-refractivity contribution in [2.24, 2.45) is 0 Å². The van der Waals surface area contributed by atoms with Crippen LogP contribution in [0, 0.1) is 23.0 Å². The summed E-state index contributed by atoms with van der Waals surface area (Å²) >= 11 is 0. The first-order valence-electron chi connectivity index (χ1n) is 11.9. The molecular weight excluding hydrogens is 484 g/mol. The molecule has 0 radical (unpaired) electrons. The van der Waals surface area contributed by atoms with E-state index < -0.39 is 11.6 Å². The van der Waals surface area contributed by atoms with Crippen molar-refractivity contribution in [2.75, 3.05) is 4.90 Å². The molecule has 0 N–H and O–H groups in total. The molecule has 0 saturated heterocycles. The SMILES string of the molecule is N#Cc1ccc(Cn2cnnc2CN(Cc2cc(F)cc(F)c2)c2ccc(Oc3ccccc3)cc2)cc1. The molecular formula is C30H23F2N5O. The van der Waals surface area contributed by atoms with Crippen LogP contribution in [0.25, 0.3) is 0 Å². The summed E-state index contributed by atoms with van der Waals surface area (Å²) in [5.74, 6) is 0.811. The van der Waals surface area contributed by atoms with Crippen LogP contribution < -0.4 is 9.64 Å². The number of nitriles is 1. The Balaban J connectivity index is 1.40. The molecule has 6 nitrogen and oxygen atoms in total. The molecule has 1 aromatic heterocycles. The first kappa shape index (κ1) is 24.7. The van der Waals surface area contributed by atoms with Gasteiger partial charge in [0.2, 0.25) is 0 Å². The number of aromatic nitrogens is 3. The molecule has 0 amide bonds. The van der Waals surface area contributed by atoms with Gasteiger partial charge in [0.25, 0.3) is 0 Å². The van der Waals surface area contributed by atoms with Crippen LogP contribution in [0.5, 0.6) is 11.5 Å². The number of ether oxygens (including phenoxy) is 1. The molecule has 5 rings (SSSR count). The van der Waals surface area contributed by atoms with Gasteiger partial charge < -0.3 is 14.2 Å². The predicted molar refractivity (Wildman–Crippen MR) is 139 cm³/mol. The number of para-hydroxylation sites is 1. The summed E-state index contributed by atoms with van der Waals surface area (Å²) in [5, 5.41) is 17.4. The number of hydrogen-bond donors (Lipinski definition) is 0. The Morgan fingerprint density at radius 3 is 2.16 bits per heavy atom. The zero-order chi connectivity index (χ0) is 26.3. The Hall–Kier alpha value is -5.03. The van der Waals surface area contributed by atoms with Crippen LogP contribution >= 0.6 is 0 Å². The predicted octanol–water partition coefficient (Wildman–Crippen LogP) is 6.48. The van der Waals surface area contributed by atoms with Crippen molar-refractivity contribution in [1.82, 2.24) is 14.8 Å². The van der Waals surface area contributed by atoms with Crippen molar-refractivity contribution in [3.05, 3.63) is 138 Å². The van der Waals surface area contributed by atoms with Crippen molar-refractivity contribution < 1.29 is 13.5 Å². The fraction of sp³-hybridized carbons (Fsp3) is 0.100. The van der Waals surface area contributed by atoms with Crippen LogP contribution in [-0.4, -0.2) is 14.8 Å². The topological polar surface area (TPSA) is 67.0 Å². The smallest absolute Gasteiger partial charge is 0.152 e. The van der Waals surface area contributed by atoms with E-state index in [-0.39, 0.29) is 6.54 Å². The number of benzene rings is 4. The minimum Gasteiger partial charge on any atom is -0.457 e. The van der Waals surface area contributed by atoms with Crippen LogP contribution in [0.2, 0.25) is 0 Å². The molecule has 0 saturated carbocycles. The second-order valence-electron chi connectivity index (χ2n) is 8.73. The monoisotopic (exact) mass is 507 g/mol. The van der Waals surface area contributed by atoms with Gasteiger partial charge in [-0.15, -0.1) is 10.2 Å². The molecule has 8 heteroatoms. The highest BCUT2D eigenvalue weighted by atomic mass is 19.1. The second kappa shape index (κ2) is 11.4. The summed E-state index contributed by atoms with van der Waals surface area (Å²) in [6.07, 6.45) is 1.64. The quantitative estimate of drug-likeness (QED) is 0.229. The Morgan fingerprint density at radius 1 is 0.789 bits per heavy atom. The Kier molecular flexibility index (Phi) is 7.37. The lowest BCUT2D eigenvalue weighted by atomic mass is 10.1. The van der Waals surface area contributed by atoms with Crippen molar-refractivity contribution in [2.45, 2.75) is 19.6 Å². The van der Waals surface area contributed by atoms with Gasteiger partial charge in [0.1, 0.15) is 29.5 Å². The van der Waals surface area contributed by atoms with Gasteiger partial charge in [-0.25, -0.2) is 8.78 Å². The zero-order valence-corrected chi connectivity index (χ0v) is 20.3. The van der Waals surface area contributed by atoms with Gasteiger partial charge in [0.05, 0.1) is 24.7 Å². The maximum absolute atomic E-state index is 14.0. The normalized spacial score (nSPS) is 10.7. The lowest BCUT2D eigenvalue weighted by Gasteiger charge is -2.25. The first-order chi connectivity index (χ1) is 18.6. The molecule has 0 unspecified atom stereocenters. The fourth-order valence-corrected chi connectivity index (χ4v) is 4.10. The zero-order valence-electron chi connectivity index (χ0n) is 20.3. The van der Waals surface area contributed by atoms with E-state index in [0.717, 1.165) is 23.1 Å². The molecule has 1 heterocycles. The molecule has 0 aliphatic rings. The highest BCUT2D eigenvalue weighted by Gasteiger charge is 2.15. The number of hydrogen-bond acceptors (Lipinski definition) is 5. The first-order valence-corrected chi connectivity index (χ1v) is 11.9. The van der Waals surface area contributed by atoms with Gasteiger partial charge in [-0.05, 0) is 71.8 Å². The third-order valence-corrected chi connectivity index (χ3v) is 5.94. The molecule has 188 valence electrons. The van der Waals surface area contributed by atoms with Gasteiger partial charge in [-0.3, -0.25) is 0 Å². The van der Waals surface area contributed by atoms with E-state index in [1.54, 1.807) is 18.5 Å². The molecule has 0 aliphatic carbocycles. The minimum absolute atomic E-state index is 0.247.